The van der Waals surface area contributed by atoms with Gasteiger partial charge in [0.05, 0.1) is 5.75 Å². The summed E-state index contributed by atoms with van der Waals surface area (Å²) in [7, 11) is 0. The zero-order valence-corrected chi connectivity index (χ0v) is 12.0. The molecule has 1 rings (SSSR count). The number of aryl methyl sites for hydroxylation is 1. The first-order valence-corrected chi connectivity index (χ1v) is 6.71. The van der Waals surface area contributed by atoms with Crippen molar-refractivity contribution in [1.29, 1.82) is 0 Å². The van der Waals surface area contributed by atoms with Crippen LogP contribution in [0.4, 0.5) is 0 Å². The highest BCUT2D eigenvalue weighted by atomic mass is 35.5. The van der Waals surface area contributed by atoms with Crippen LogP contribution in [-0.4, -0.2) is 31.8 Å². The van der Waals surface area contributed by atoms with E-state index in [2.05, 4.69) is 9.97 Å². The summed E-state index contributed by atoms with van der Waals surface area (Å²) in [6.45, 7) is 5.40. The van der Waals surface area contributed by atoms with Crippen molar-refractivity contribution in [2.75, 3.05) is 0 Å². The van der Waals surface area contributed by atoms with E-state index >= 15 is 0 Å². The molecular formula is C11H16ClN3O2S. The smallest absolute Gasteiger partial charge is 0.321 e. The van der Waals surface area contributed by atoms with E-state index < -0.39 is 16.8 Å². The lowest BCUT2D eigenvalue weighted by molar-refractivity contribution is -0.139. The fourth-order valence-corrected chi connectivity index (χ4v) is 2.46. The summed E-state index contributed by atoms with van der Waals surface area (Å²) in [4.78, 5) is 19.2. The number of carbonyl (C=O) groups is 1. The summed E-state index contributed by atoms with van der Waals surface area (Å²) in [6.07, 6.45) is 0. The minimum atomic E-state index is -1.02. The molecule has 3 N–H and O–H groups in total. The van der Waals surface area contributed by atoms with Crippen LogP contribution in [0.2, 0.25) is 5.15 Å². The van der Waals surface area contributed by atoms with Crippen LogP contribution in [0.25, 0.3) is 0 Å². The second-order valence-corrected chi connectivity index (χ2v) is 6.47. The molecule has 0 aliphatic heterocycles. The highest BCUT2D eigenvalue weighted by Crippen LogP contribution is 2.30. The molecule has 0 radical (unpaired) electrons. The minimum absolute atomic E-state index is 0.387. The average molecular weight is 290 g/mol. The van der Waals surface area contributed by atoms with E-state index in [1.807, 2.05) is 6.92 Å². The Bertz CT molecular complexity index is 434. The average Bonchev–Trinajstić information content (AvgIpc) is 2.24. The maximum Gasteiger partial charge on any atom is 0.321 e. The van der Waals surface area contributed by atoms with Crippen molar-refractivity contribution < 1.29 is 9.90 Å². The van der Waals surface area contributed by atoms with Crippen molar-refractivity contribution in [1.82, 2.24) is 9.97 Å². The lowest BCUT2D eigenvalue weighted by Crippen LogP contribution is -2.46. The van der Waals surface area contributed by atoms with E-state index in [0.717, 1.165) is 5.69 Å². The van der Waals surface area contributed by atoms with Gasteiger partial charge in [0.2, 0.25) is 0 Å². The molecule has 0 unspecified atom stereocenters. The molecule has 0 aliphatic carbocycles. The van der Waals surface area contributed by atoms with Crippen LogP contribution in [0.15, 0.2) is 6.07 Å². The summed E-state index contributed by atoms with van der Waals surface area (Å²) >= 11 is 7.23. The minimum Gasteiger partial charge on any atom is -0.480 e. The van der Waals surface area contributed by atoms with Gasteiger partial charge in [0.1, 0.15) is 17.0 Å². The molecule has 0 saturated heterocycles. The van der Waals surface area contributed by atoms with Gasteiger partial charge in [-0.15, -0.1) is 11.8 Å². The summed E-state index contributed by atoms with van der Waals surface area (Å²) < 4.78 is -0.606. The SMILES string of the molecule is Cc1cc(Cl)nc(CSC(C)(C)[C@H](N)C(=O)O)n1. The van der Waals surface area contributed by atoms with Gasteiger partial charge in [-0.1, -0.05) is 11.6 Å². The van der Waals surface area contributed by atoms with Crippen LogP contribution in [0.5, 0.6) is 0 Å². The van der Waals surface area contributed by atoms with E-state index in [9.17, 15) is 4.79 Å². The molecule has 0 bridgehead atoms. The van der Waals surface area contributed by atoms with Crippen molar-refractivity contribution in [3.8, 4) is 0 Å². The molecule has 1 atom stereocenters. The number of hydrogen-bond acceptors (Lipinski definition) is 5. The second-order valence-electron chi connectivity index (χ2n) is 4.46. The van der Waals surface area contributed by atoms with Crippen LogP contribution in [-0.2, 0) is 10.5 Å². The second kappa shape index (κ2) is 5.86. The molecule has 5 nitrogen and oxygen atoms in total. The lowest BCUT2D eigenvalue weighted by Gasteiger charge is -2.27. The predicted octanol–water partition coefficient (Wildman–Crippen LogP) is 1.86. The van der Waals surface area contributed by atoms with E-state index in [0.29, 0.717) is 16.7 Å². The van der Waals surface area contributed by atoms with Gasteiger partial charge in [-0.25, -0.2) is 9.97 Å². The first-order chi connectivity index (χ1) is 8.22. The van der Waals surface area contributed by atoms with Gasteiger partial charge in [0, 0.05) is 10.4 Å². The Balaban J connectivity index is 2.72. The highest BCUT2D eigenvalue weighted by molar-refractivity contribution is 7.99. The number of nitrogens with two attached hydrogens (primary N) is 1. The summed E-state index contributed by atoms with van der Waals surface area (Å²) in [5.41, 5.74) is 6.41. The molecule has 0 saturated carbocycles. The van der Waals surface area contributed by atoms with Crippen molar-refractivity contribution >= 4 is 29.3 Å². The van der Waals surface area contributed by atoms with Crippen molar-refractivity contribution in [3.63, 3.8) is 0 Å². The normalized spacial score (nSPS) is 13.4. The van der Waals surface area contributed by atoms with Gasteiger partial charge in [0.15, 0.2) is 0 Å². The van der Waals surface area contributed by atoms with Gasteiger partial charge in [0.25, 0.3) is 0 Å². The van der Waals surface area contributed by atoms with E-state index in [-0.39, 0.29) is 0 Å². The third-order valence-corrected chi connectivity index (χ3v) is 4.05. The van der Waals surface area contributed by atoms with E-state index in [1.54, 1.807) is 19.9 Å². The predicted molar refractivity (Wildman–Crippen MR) is 72.8 cm³/mol. The van der Waals surface area contributed by atoms with Gasteiger partial charge in [-0.2, -0.15) is 0 Å². The van der Waals surface area contributed by atoms with Crippen molar-refractivity contribution in [2.24, 2.45) is 5.73 Å². The molecule has 1 aromatic rings. The van der Waals surface area contributed by atoms with Crippen LogP contribution in [0, 0.1) is 6.92 Å². The zero-order valence-electron chi connectivity index (χ0n) is 10.5. The number of aromatic nitrogens is 2. The maximum absolute atomic E-state index is 10.9. The van der Waals surface area contributed by atoms with Gasteiger partial charge >= 0.3 is 5.97 Å². The zero-order chi connectivity index (χ0) is 13.9. The van der Waals surface area contributed by atoms with Crippen molar-refractivity contribution in [2.45, 2.75) is 37.3 Å². The lowest BCUT2D eigenvalue weighted by atomic mass is 10.1. The summed E-state index contributed by atoms with van der Waals surface area (Å²) in [6, 6.07) is 0.729. The molecule has 0 aliphatic rings. The molecule has 7 heteroatoms. The highest BCUT2D eigenvalue weighted by Gasteiger charge is 2.32. The summed E-state index contributed by atoms with van der Waals surface area (Å²) in [5, 5.41) is 9.30. The number of nitrogens with zero attached hydrogens (tertiary/aromatic N) is 2. The molecule has 100 valence electrons. The van der Waals surface area contributed by atoms with E-state index in [4.69, 9.17) is 22.4 Å². The first kappa shape index (κ1) is 15.2. The molecule has 0 aromatic carbocycles. The largest absolute Gasteiger partial charge is 0.480 e. The van der Waals surface area contributed by atoms with Crippen LogP contribution in [0.1, 0.15) is 25.4 Å². The number of halogens is 1. The third-order valence-electron chi connectivity index (χ3n) is 2.46. The van der Waals surface area contributed by atoms with Crippen molar-refractivity contribution in [3.05, 3.63) is 22.7 Å². The Kier molecular flexibility index (Phi) is 4.95. The molecule has 0 amide bonds. The van der Waals surface area contributed by atoms with E-state index in [1.165, 1.54) is 11.8 Å². The Morgan fingerprint density at radius 3 is 2.72 bits per heavy atom. The monoisotopic (exact) mass is 289 g/mol. The number of rotatable bonds is 5. The molecule has 0 spiro atoms. The Morgan fingerprint density at radius 1 is 1.61 bits per heavy atom. The van der Waals surface area contributed by atoms with Gasteiger partial charge in [-0.05, 0) is 26.8 Å². The molecule has 1 heterocycles. The molecule has 18 heavy (non-hydrogen) atoms. The molecule has 1 aromatic heterocycles. The molecule has 0 fully saturated rings. The standard InChI is InChI=1S/C11H16ClN3O2S/c1-6-4-7(12)15-8(14-6)5-18-11(2,3)9(13)10(16)17/h4,9H,5,13H2,1-3H3,(H,16,17)/t9-/m1/s1. The van der Waals surface area contributed by atoms with Gasteiger partial charge in [-0.3, -0.25) is 4.79 Å². The van der Waals surface area contributed by atoms with Gasteiger partial charge < -0.3 is 10.8 Å². The van der Waals surface area contributed by atoms with Crippen LogP contribution in [0.3, 0.4) is 0 Å². The van der Waals surface area contributed by atoms with Crippen LogP contribution >= 0.6 is 23.4 Å². The fraction of sp³-hybridized carbons (Fsp3) is 0.545. The number of thioether (sulfide) groups is 1. The fourth-order valence-electron chi connectivity index (χ4n) is 1.29. The van der Waals surface area contributed by atoms with Crippen LogP contribution < -0.4 is 5.73 Å². The first-order valence-electron chi connectivity index (χ1n) is 5.35. The quantitative estimate of drug-likeness (QED) is 0.804. The topological polar surface area (TPSA) is 89.1 Å². The Hall–Kier alpha value is -0.850. The summed E-state index contributed by atoms with van der Waals surface area (Å²) in [5.74, 6) is 0.0291. The number of aliphatic carboxylic acids is 1. The maximum atomic E-state index is 10.9. The number of hydrogen-bond donors (Lipinski definition) is 2. The Morgan fingerprint density at radius 2 is 2.22 bits per heavy atom. The Labute approximate surface area is 115 Å². The molecular weight excluding hydrogens is 274 g/mol. The third kappa shape index (κ3) is 4.12. The number of carboxylic acid groups (broad SMARTS) is 1. The number of carboxylic acids is 1.